The molecule has 1 N–H and O–H groups in total. The molecule has 8 heteroatoms. The Labute approximate surface area is 141 Å². The van der Waals surface area contributed by atoms with Crippen molar-refractivity contribution in [3.8, 4) is 0 Å². The molecule has 2 saturated heterocycles. The average molecular weight is 361 g/mol. The molecule has 1 aromatic carbocycles. The van der Waals surface area contributed by atoms with Crippen LogP contribution >= 0.6 is 0 Å². The summed E-state index contributed by atoms with van der Waals surface area (Å²) in [6, 6.07) is 2.52. The lowest BCUT2D eigenvalue weighted by Crippen LogP contribution is -3.15. The van der Waals surface area contributed by atoms with Crippen LogP contribution in [0.4, 0.5) is 8.78 Å². The van der Waals surface area contributed by atoms with E-state index in [1.54, 1.807) is 0 Å². The van der Waals surface area contributed by atoms with Gasteiger partial charge in [-0.25, -0.2) is 17.2 Å². The molecule has 2 aliphatic rings. The Bertz CT molecular complexity index is 670. The van der Waals surface area contributed by atoms with Gasteiger partial charge in [-0.3, -0.25) is 0 Å². The zero-order valence-electron chi connectivity index (χ0n) is 13.5. The molecule has 0 saturated carbocycles. The molecule has 0 spiro atoms. The highest BCUT2D eigenvalue weighted by molar-refractivity contribution is 7.89. The number of hydrogen-bond acceptors (Lipinski definition) is 3. The first-order chi connectivity index (χ1) is 11.5. The molecule has 0 unspecified atom stereocenters. The van der Waals surface area contributed by atoms with E-state index in [-0.39, 0.29) is 6.10 Å². The summed E-state index contributed by atoms with van der Waals surface area (Å²) in [7, 11) is -4.00. The lowest BCUT2D eigenvalue weighted by Gasteiger charge is -2.34. The topological polar surface area (TPSA) is 51.0 Å². The van der Waals surface area contributed by atoms with Crippen LogP contribution in [0, 0.1) is 11.6 Å². The highest BCUT2D eigenvalue weighted by atomic mass is 32.2. The molecule has 1 atom stereocenters. The van der Waals surface area contributed by atoms with Crippen molar-refractivity contribution in [2.75, 3.05) is 39.3 Å². The molecule has 0 aliphatic carbocycles. The summed E-state index contributed by atoms with van der Waals surface area (Å²) in [4.78, 5) is 0.717. The van der Waals surface area contributed by atoms with Gasteiger partial charge in [-0.1, -0.05) is 0 Å². The van der Waals surface area contributed by atoms with E-state index in [4.69, 9.17) is 4.74 Å². The zero-order valence-corrected chi connectivity index (χ0v) is 14.3. The summed E-state index contributed by atoms with van der Waals surface area (Å²) in [6.45, 7) is 3.59. The van der Waals surface area contributed by atoms with Crippen molar-refractivity contribution in [1.29, 1.82) is 0 Å². The maximum absolute atomic E-state index is 13.8. The van der Waals surface area contributed by atoms with Crippen LogP contribution in [0.3, 0.4) is 0 Å². The first kappa shape index (κ1) is 17.7. The number of halogens is 2. The summed E-state index contributed by atoms with van der Waals surface area (Å²) in [5, 5.41) is 0. The third-order valence-electron chi connectivity index (χ3n) is 4.73. The van der Waals surface area contributed by atoms with E-state index in [1.165, 1.54) is 15.6 Å². The van der Waals surface area contributed by atoms with Gasteiger partial charge >= 0.3 is 0 Å². The number of nitrogens with zero attached hydrogens (tertiary/aromatic N) is 1. The molecular formula is C16H23F2N2O3S+. The molecule has 0 radical (unpaired) electrons. The Morgan fingerprint density at radius 3 is 2.62 bits per heavy atom. The van der Waals surface area contributed by atoms with E-state index >= 15 is 0 Å². The average Bonchev–Trinajstić information content (AvgIpc) is 2.58. The van der Waals surface area contributed by atoms with E-state index in [2.05, 4.69) is 0 Å². The van der Waals surface area contributed by atoms with Gasteiger partial charge in [0.1, 0.15) is 29.2 Å². The van der Waals surface area contributed by atoms with Crippen LogP contribution in [0.25, 0.3) is 0 Å². The predicted molar refractivity (Wildman–Crippen MR) is 84.3 cm³/mol. The number of rotatable bonds is 4. The van der Waals surface area contributed by atoms with Gasteiger partial charge in [-0.05, 0) is 37.5 Å². The second-order valence-corrected chi connectivity index (χ2v) is 8.33. The van der Waals surface area contributed by atoms with Gasteiger partial charge in [-0.15, -0.1) is 0 Å². The molecule has 0 aromatic heterocycles. The van der Waals surface area contributed by atoms with Gasteiger partial charge in [0.2, 0.25) is 10.0 Å². The van der Waals surface area contributed by atoms with Crippen LogP contribution in [0.5, 0.6) is 0 Å². The quantitative estimate of drug-likeness (QED) is 0.846. The van der Waals surface area contributed by atoms with Gasteiger partial charge in [0.05, 0.1) is 26.2 Å². The zero-order chi connectivity index (χ0) is 17.2. The summed E-state index contributed by atoms with van der Waals surface area (Å²) >= 11 is 0. The number of ether oxygens (including phenoxy) is 1. The Balaban J connectivity index is 1.62. The maximum Gasteiger partial charge on any atom is 0.246 e. The van der Waals surface area contributed by atoms with Crippen LogP contribution in [0.1, 0.15) is 19.3 Å². The van der Waals surface area contributed by atoms with E-state index in [1.807, 2.05) is 0 Å². The predicted octanol–water partition coefficient (Wildman–Crippen LogP) is 0.423. The van der Waals surface area contributed by atoms with Crippen molar-refractivity contribution in [1.82, 2.24) is 4.31 Å². The lowest BCUT2D eigenvalue weighted by atomic mass is 10.1. The smallest absolute Gasteiger partial charge is 0.246 e. The van der Waals surface area contributed by atoms with Crippen molar-refractivity contribution in [2.45, 2.75) is 30.3 Å². The number of quaternary nitrogens is 1. The number of nitrogens with one attached hydrogen (secondary N) is 1. The van der Waals surface area contributed by atoms with Crippen molar-refractivity contribution in [3.05, 3.63) is 29.8 Å². The van der Waals surface area contributed by atoms with Crippen LogP contribution in [-0.2, 0) is 14.8 Å². The van der Waals surface area contributed by atoms with Gasteiger partial charge < -0.3 is 9.64 Å². The fraction of sp³-hybridized carbons (Fsp3) is 0.625. The fourth-order valence-corrected chi connectivity index (χ4v) is 4.87. The normalized spacial score (nSPS) is 24.2. The first-order valence-corrected chi connectivity index (χ1v) is 9.81. The second kappa shape index (κ2) is 7.43. The summed E-state index contributed by atoms with van der Waals surface area (Å²) in [5.74, 6) is -1.67. The number of sulfonamides is 1. The minimum Gasteiger partial charge on any atom is -0.372 e. The van der Waals surface area contributed by atoms with E-state index in [0.29, 0.717) is 26.2 Å². The third kappa shape index (κ3) is 3.93. The molecule has 2 fully saturated rings. The number of hydrogen-bond donors (Lipinski definition) is 1. The monoisotopic (exact) mass is 361 g/mol. The van der Waals surface area contributed by atoms with Crippen LogP contribution in [-0.4, -0.2) is 58.2 Å². The number of piperazine rings is 1. The molecule has 2 aliphatic heterocycles. The van der Waals surface area contributed by atoms with Crippen molar-refractivity contribution in [3.63, 3.8) is 0 Å². The van der Waals surface area contributed by atoms with E-state index in [0.717, 1.165) is 44.2 Å². The summed E-state index contributed by atoms with van der Waals surface area (Å²) < 4.78 is 59.2. The van der Waals surface area contributed by atoms with Crippen molar-refractivity contribution in [2.24, 2.45) is 0 Å². The minimum absolute atomic E-state index is 0.248. The van der Waals surface area contributed by atoms with Crippen LogP contribution in [0.15, 0.2) is 23.1 Å². The van der Waals surface area contributed by atoms with Crippen molar-refractivity contribution >= 4 is 10.0 Å². The maximum atomic E-state index is 13.8. The molecule has 134 valence electrons. The Morgan fingerprint density at radius 2 is 1.96 bits per heavy atom. The Morgan fingerprint density at radius 1 is 1.21 bits per heavy atom. The highest BCUT2D eigenvalue weighted by Gasteiger charge is 2.33. The van der Waals surface area contributed by atoms with Gasteiger partial charge in [-0.2, -0.15) is 4.31 Å². The Hall–Kier alpha value is -1.09. The molecule has 24 heavy (non-hydrogen) atoms. The molecule has 5 nitrogen and oxygen atoms in total. The standard InChI is InChI=1S/C16H22F2N2O3S/c17-13-4-5-15(18)16(11-13)24(21,22)20-8-6-19(7-9-20)12-14-3-1-2-10-23-14/h4-5,11,14H,1-3,6-10,12H2/p+1/t14-/m1/s1. The molecule has 2 heterocycles. The van der Waals surface area contributed by atoms with E-state index < -0.39 is 26.6 Å². The first-order valence-electron chi connectivity index (χ1n) is 8.37. The van der Waals surface area contributed by atoms with Gasteiger partial charge in [0.15, 0.2) is 0 Å². The molecule has 3 rings (SSSR count). The van der Waals surface area contributed by atoms with Crippen molar-refractivity contribution < 1.29 is 26.8 Å². The molecule has 0 bridgehead atoms. The highest BCUT2D eigenvalue weighted by Crippen LogP contribution is 2.20. The SMILES string of the molecule is O=S(=O)(c1cc(F)ccc1F)N1CC[NH+](C[C@H]2CCCCO2)CC1. The molecular weight excluding hydrogens is 338 g/mol. The third-order valence-corrected chi connectivity index (χ3v) is 6.64. The number of benzene rings is 1. The van der Waals surface area contributed by atoms with Crippen LogP contribution < -0.4 is 4.90 Å². The van der Waals surface area contributed by atoms with Crippen LogP contribution in [0.2, 0.25) is 0 Å². The van der Waals surface area contributed by atoms with Gasteiger partial charge in [0.25, 0.3) is 0 Å². The van der Waals surface area contributed by atoms with E-state index in [9.17, 15) is 17.2 Å². The van der Waals surface area contributed by atoms with Gasteiger partial charge in [0, 0.05) is 6.61 Å². The molecule has 0 amide bonds. The summed E-state index contributed by atoms with van der Waals surface area (Å²) in [5.41, 5.74) is 0. The largest absolute Gasteiger partial charge is 0.372 e. The molecule has 1 aromatic rings. The minimum atomic E-state index is -4.00. The Kier molecular flexibility index (Phi) is 5.49. The second-order valence-electron chi connectivity index (χ2n) is 6.42. The summed E-state index contributed by atoms with van der Waals surface area (Å²) in [6.07, 6.45) is 3.59. The lowest BCUT2D eigenvalue weighted by molar-refractivity contribution is -0.907. The fourth-order valence-electron chi connectivity index (χ4n) is 3.35.